The van der Waals surface area contributed by atoms with Crippen molar-refractivity contribution in [2.24, 2.45) is 11.7 Å². The maximum Gasteiger partial charge on any atom is 0.231 e. The molecule has 12 heavy (non-hydrogen) atoms. The van der Waals surface area contributed by atoms with Gasteiger partial charge in [-0.25, -0.2) is 0 Å². The number of amides is 1. The Hall–Kier alpha value is -0.570. The van der Waals surface area contributed by atoms with Crippen molar-refractivity contribution in [3.8, 4) is 0 Å². The summed E-state index contributed by atoms with van der Waals surface area (Å²) in [4.78, 5) is 10.5. The fraction of sp³-hybridized carbons (Fsp3) is 0.889. The molecular formula is C9H18N2O. The Morgan fingerprint density at radius 1 is 1.50 bits per heavy atom. The molecule has 1 aliphatic rings. The lowest BCUT2D eigenvalue weighted by molar-refractivity contribution is -0.117. The first kappa shape index (κ1) is 9.52. The highest BCUT2D eigenvalue weighted by atomic mass is 16.1. The molecule has 3 N–H and O–H groups in total. The monoisotopic (exact) mass is 170 g/mol. The molecule has 2 unspecified atom stereocenters. The molecule has 0 aromatic rings. The molecule has 1 rings (SSSR count). The van der Waals surface area contributed by atoms with E-state index < -0.39 is 0 Å². The molecule has 1 aliphatic carbocycles. The van der Waals surface area contributed by atoms with Crippen molar-refractivity contribution < 1.29 is 4.79 Å². The predicted octanol–water partition coefficient (Wildman–Crippen LogP) is 0.640. The quantitative estimate of drug-likeness (QED) is 0.653. The van der Waals surface area contributed by atoms with Crippen molar-refractivity contribution in [1.29, 1.82) is 0 Å². The van der Waals surface area contributed by atoms with Gasteiger partial charge in [0.2, 0.25) is 5.91 Å². The standard InChI is InChI=1S/C9H18N2O/c1-7-4-2-3-5-8(7)11-6-9(10)12/h7-8,11H,2-6H2,1H3,(H2,10,12). The van der Waals surface area contributed by atoms with Gasteiger partial charge in [-0.15, -0.1) is 0 Å². The Bertz CT molecular complexity index is 159. The van der Waals surface area contributed by atoms with E-state index in [4.69, 9.17) is 5.73 Å². The van der Waals surface area contributed by atoms with Crippen LogP contribution in [0.15, 0.2) is 0 Å². The molecule has 1 amide bonds. The predicted molar refractivity (Wildman–Crippen MR) is 48.6 cm³/mol. The van der Waals surface area contributed by atoms with Gasteiger partial charge in [-0.1, -0.05) is 19.8 Å². The van der Waals surface area contributed by atoms with Crippen molar-refractivity contribution >= 4 is 5.91 Å². The van der Waals surface area contributed by atoms with Crippen LogP contribution in [0.5, 0.6) is 0 Å². The topological polar surface area (TPSA) is 55.1 Å². The van der Waals surface area contributed by atoms with Crippen molar-refractivity contribution in [2.45, 2.75) is 38.6 Å². The fourth-order valence-electron chi connectivity index (χ4n) is 1.85. The van der Waals surface area contributed by atoms with E-state index >= 15 is 0 Å². The zero-order valence-electron chi connectivity index (χ0n) is 7.68. The van der Waals surface area contributed by atoms with Crippen molar-refractivity contribution in [2.75, 3.05) is 6.54 Å². The van der Waals surface area contributed by atoms with Gasteiger partial charge in [0.25, 0.3) is 0 Å². The molecular weight excluding hydrogens is 152 g/mol. The zero-order chi connectivity index (χ0) is 8.97. The van der Waals surface area contributed by atoms with E-state index in [-0.39, 0.29) is 5.91 Å². The lowest BCUT2D eigenvalue weighted by Gasteiger charge is -2.29. The molecule has 0 saturated heterocycles. The summed E-state index contributed by atoms with van der Waals surface area (Å²) in [6.45, 7) is 2.56. The van der Waals surface area contributed by atoms with Gasteiger partial charge in [0.1, 0.15) is 0 Å². The average Bonchev–Trinajstić information content (AvgIpc) is 2.03. The number of nitrogens with two attached hydrogens (primary N) is 1. The first-order valence-electron chi connectivity index (χ1n) is 4.72. The number of rotatable bonds is 3. The summed E-state index contributed by atoms with van der Waals surface area (Å²) in [5.41, 5.74) is 5.05. The Morgan fingerprint density at radius 3 is 2.75 bits per heavy atom. The SMILES string of the molecule is CC1CCCCC1NCC(N)=O. The number of hydrogen-bond acceptors (Lipinski definition) is 2. The molecule has 3 nitrogen and oxygen atoms in total. The fourth-order valence-corrected chi connectivity index (χ4v) is 1.85. The summed E-state index contributed by atoms with van der Waals surface area (Å²) >= 11 is 0. The van der Waals surface area contributed by atoms with Gasteiger partial charge >= 0.3 is 0 Å². The van der Waals surface area contributed by atoms with E-state index in [1.165, 1.54) is 25.7 Å². The van der Waals surface area contributed by atoms with Crippen LogP contribution in [0, 0.1) is 5.92 Å². The molecule has 0 aromatic carbocycles. The van der Waals surface area contributed by atoms with Gasteiger partial charge < -0.3 is 11.1 Å². The summed E-state index contributed by atoms with van der Waals surface area (Å²) in [6.07, 6.45) is 5.07. The molecule has 70 valence electrons. The third kappa shape index (κ3) is 2.81. The molecule has 0 bridgehead atoms. The molecule has 1 saturated carbocycles. The maximum atomic E-state index is 10.5. The number of hydrogen-bond donors (Lipinski definition) is 2. The minimum atomic E-state index is -0.257. The minimum absolute atomic E-state index is 0.257. The maximum absolute atomic E-state index is 10.5. The molecule has 0 radical (unpaired) electrons. The molecule has 0 heterocycles. The average molecular weight is 170 g/mol. The lowest BCUT2D eigenvalue weighted by atomic mass is 9.86. The first-order valence-corrected chi connectivity index (χ1v) is 4.72. The smallest absolute Gasteiger partial charge is 0.231 e. The van der Waals surface area contributed by atoms with Gasteiger partial charge in [-0.2, -0.15) is 0 Å². The zero-order valence-corrected chi connectivity index (χ0v) is 7.68. The molecule has 0 aromatic heterocycles. The third-order valence-electron chi connectivity index (χ3n) is 2.65. The Balaban J connectivity index is 2.24. The van der Waals surface area contributed by atoms with E-state index in [1.54, 1.807) is 0 Å². The van der Waals surface area contributed by atoms with Crippen LogP contribution in [-0.4, -0.2) is 18.5 Å². The molecule has 3 heteroatoms. The normalized spacial score (nSPS) is 30.1. The van der Waals surface area contributed by atoms with Gasteiger partial charge in [0, 0.05) is 6.04 Å². The van der Waals surface area contributed by atoms with Crippen LogP contribution in [0.3, 0.4) is 0 Å². The van der Waals surface area contributed by atoms with Crippen molar-refractivity contribution in [3.05, 3.63) is 0 Å². The highest BCUT2D eigenvalue weighted by molar-refractivity contribution is 5.75. The van der Waals surface area contributed by atoms with Crippen LogP contribution in [0.1, 0.15) is 32.6 Å². The van der Waals surface area contributed by atoms with Crippen molar-refractivity contribution in [3.63, 3.8) is 0 Å². The van der Waals surface area contributed by atoms with Gasteiger partial charge in [-0.05, 0) is 18.8 Å². The second kappa shape index (κ2) is 4.45. The van der Waals surface area contributed by atoms with Crippen LogP contribution in [0.25, 0.3) is 0 Å². The van der Waals surface area contributed by atoms with E-state index in [9.17, 15) is 4.79 Å². The summed E-state index contributed by atoms with van der Waals surface area (Å²) < 4.78 is 0. The summed E-state index contributed by atoms with van der Waals surface area (Å²) in [5, 5.41) is 3.20. The van der Waals surface area contributed by atoms with Crippen LogP contribution in [0.4, 0.5) is 0 Å². The van der Waals surface area contributed by atoms with Crippen molar-refractivity contribution in [1.82, 2.24) is 5.32 Å². The van der Waals surface area contributed by atoms with Crippen LogP contribution in [-0.2, 0) is 4.79 Å². The third-order valence-corrected chi connectivity index (χ3v) is 2.65. The van der Waals surface area contributed by atoms with E-state index in [0.29, 0.717) is 18.5 Å². The van der Waals surface area contributed by atoms with Gasteiger partial charge in [-0.3, -0.25) is 4.79 Å². The number of carbonyl (C=O) groups excluding carboxylic acids is 1. The molecule has 1 fully saturated rings. The van der Waals surface area contributed by atoms with E-state index in [0.717, 1.165) is 0 Å². The highest BCUT2D eigenvalue weighted by Crippen LogP contribution is 2.23. The largest absolute Gasteiger partial charge is 0.369 e. The van der Waals surface area contributed by atoms with Gasteiger partial charge in [0.15, 0.2) is 0 Å². The molecule has 0 aliphatic heterocycles. The highest BCUT2D eigenvalue weighted by Gasteiger charge is 2.20. The Morgan fingerprint density at radius 2 is 2.17 bits per heavy atom. The lowest BCUT2D eigenvalue weighted by Crippen LogP contribution is -2.41. The number of nitrogens with one attached hydrogen (secondary N) is 1. The second-order valence-electron chi connectivity index (χ2n) is 3.72. The summed E-state index contributed by atoms with van der Waals surface area (Å²) in [7, 11) is 0. The number of primary amides is 1. The van der Waals surface area contributed by atoms with E-state index in [2.05, 4.69) is 12.2 Å². The molecule has 0 spiro atoms. The van der Waals surface area contributed by atoms with Gasteiger partial charge in [0.05, 0.1) is 6.54 Å². The second-order valence-corrected chi connectivity index (χ2v) is 3.72. The Kier molecular flexibility index (Phi) is 3.53. The van der Waals surface area contributed by atoms with Crippen LogP contribution < -0.4 is 11.1 Å². The molecule has 2 atom stereocenters. The van der Waals surface area contributed by atoms with Crippen LogP contribution >= 0.6 is 0 Å². The summed E-state index contributed by atoms with van der Waals surface area (Å²) in [6, 6.07) is 0.506. The first-order chi connectivity index (χ1) is 5.70. The van der Waals surface area contributed by atoms with Crippen LogP contribution in [0.2, 0.25) is 0 Å². The number of carbonyl (C=O) groups is 1. The minimum Gasteiger partial charge on any atom is -0.369 e. The summed E-state index contributed by atoms with van der Waals surface area (Å²) in [5.74, 6) is 0.436. The Labute approximate surface area is 73.7 Å². The van der Waals surface area contributed by atoms with E-state index in [1.807, 2.05) is 0 Å².